The van der Waals surface area contributed by atoms with Crippen LogP contribution in [0.1, 0.15) is 111 Å². The summed E-state index contributed by atoms with van der Waals surface area (Å²) < 4.78 is 15.6. The third-order valence-electron chi connectivity index (χ3n) is 4.98. The summed E-state index contributed by atoms with van der Waals surface area (Å²) in [4.78, 5) is 11.6. The van der Waals surface area contributed by atoms with Crippen LogP contribution in [-0.2, 0) is 19.0 Å². The Morgan fingerprint density at radius 1 is 0.643 bits per heavy atom. The Morgan fingerprint density at radius 2 is 1.11 bits per heavy atom. The fraction of sp³-hybridized carbons (Fsp3) is 0.958. The molecular weight excluding hydrogens is 352 g/mol. The zero-order valence-corrected chi connectivity index (χ0v) is 19.1. The fourth-order valence-corrected chi connectivity index (χ4v) is 3.24. The average molecular weight is 401 g/mol. The molecule has 0 aromatic heterocycles. The van der Waals surface area contributed by atoms with E-state index in [0.717, 1.165) is 18.8 Å². The second-order valence-corrected chi connectivity index (χ2v) is 8.20. The van der Waals surface area contributed by atoms with E-state index < -0.39 is 0 Å². The van der Waals surface area contributed by atoms with Crippen molar-refractivity contribution in [2.45, 2.75) is 111 Å². The van der Waals surface area contributed by atoms with E-state index >= 15 is 0 Å². The Bertz CT molecular complexity index is 318. The zero-order valence-electron chi connectivity index (χ0n) is 19.1. The molecule has 0 saturated heterocycles. The summed E-state index contributed by atoms with van der Waals surface area (Å²) in [6, 6.07) is 0. The molecule has 168 valence electrons. The molecule has 0 amide bonds. The van der Waals surface area contributed by atoms with E-state index in [9.17, 15) is 4.79 Å². The van der Waals surface area contributed by atoms with E-state index in [1.165, 1.54) is 70.6 Å². The lowest BCUT2D eigenvalue weighted by Gasteiger charge is -2.06. The molecule has 4 heteroatoms. The highest BCUT2D eigenvalue weighted by Gasteiger charge is 2.02. The number of ether oxygens (including phenoxy) is 3. The van der Waals surface area contributed by atoms with E-state index in [1.807, 2.05) is 6.92 Å². The molecule has 0 heterocycles. The van der Waals surface area contributed by atoms with Gasteiger partial charge in [-0.25, -0.2) is 0 Å². The van der Waals surface area contributed by atoms with Crippen LogP contribution in [0.3, 0.4) is 0 Å². The van der Waals surface area contributed by atoms with E-state index in [2.05, 4.69) is 13.8 Å². The van der Waals surface area contributed by atoms with Gasteiger partial charge in [-0.15, -0.1) is 0 Å². The van der Waals surface area contributed by atoms with Crippen molar-refractivity contribution in [3.8, 4) is 0 Å². The molecule has 28 heavy (non-hydrogen) atoms. The first-order chi connectivity index (χ1) is 13.7. The predicted octanol–water partition coefficient (Wildman–Crippen LogP) is 6.70. The standard InChI is InChI=1S/C24H48O4/c1-4-26-19-20-27-21-22-28-24(25)18-16-14-12-10-8-6-5-7-9-11-13-15-17-23(2)3/h23H,4-22H2,1-3H3. The Balaban J connectivity index is 3.13. The molecule has 4 nitrogen and oxygen atoms in total. The molecular formula is C24H48O4. The minimum absolute atomic E-state index is 0.0956. The Labute approximate surface area is 175 Å². The maximum absolute atomic E-state index is 11.6. The van der Waals surface area contributed by atoms with E-state index in [1.54, 1.807) is 0 Å². The highest BCUT2D eigenvalue weighted by Crippen LogP contribution is 2.14. The van der Waals surface area contributed by atoms with E-state index in [4.69, 9.17) is 14.2 Å². The molecule has 0 radical (unpaired) electrons. The number of rotatable bonds is 22. The van der Waals surface area contributed by atoms with Crippen LogP contribution in [0.4, 0.5) is 0 Å². The van der Waals surface area contributed by atoms with Gasteiger partial charge in [0.2, 0.25) is 0 Å². The molecule has 0 saturated carbocycles. The van der Waals surface area contributed by atoms with Crippen molar-refractivity contribution in [1.29, 1.82) is 0 Å². The van der Waals surface area contributed by atoms with Crippen LogP contribution >= 0.6 is 0 Å². The molecule has 0 atom stereocenters. The van der Waals surface area contributed by atoms with Gasteiger partial charge in [0.05, 0.1) is 19.8 Å². The van der Waals surface area contributed by atoms with Crippen molar-refractivity contribution in [3.63, 3.8) is 0 Å². The summed E-state index contributed by atoms with van der Waals surface area (Å²) in [7, 11) is 0. The molecule has 0 aromatic carbocycles. The summed E-state index contributed by atoms with van der Waals surface area (Å²) in [6.45, 7) is 9.26. The fourth-order valence-electron chi connectivity index (χ4n) is 3.24. The Kier molecular flexibility index (Phi) is 22.2. The molecule has 0 aromatic rings. The number of carbonyl (C=O) groups excluding carboxylic acids is 1. The van der Waals surface area contributed by atoms with E-state index in [0.29, 0.717) is 39.5 Å². The van der Waals surface area contributed by atoms with Gasteiger partial charge in [-0.05, 0) is 19.3 Å². The average Bonchev–Trinajstić information content (AvgIpc) is 2.67. The van der Waals surface area contributed by atoms with Crippen LogP contribution in [0.5, 0.6) is 0 Å². The second-order valence-electron chi connectivity index (χ2n) is 8.20. The molecule has 0 unspecified atom stereocenters. The van der Waals surface area contributed by atoms with Gasteiger partial charge in [-0.2, -0.15) is 0 Å². The molecule has 0 bridgehead atoms. The summed E-state index contributed by atoms with van der Waals surface area (Å²) >= 11 is 0. The topological polar surface area (TPSA) is 44.8 Å². The monoisotopic (exact) mass is 400 g/mol. The third-order valence-corrected chi connectivity index (χ3v) is 4.98. The minimum atomic E-state index is -0.0956. The lowest BCUT2D eigenvalue weighted by atomic mass is 10.0. The van der Waals surface area contributed by atoms with Crippen LogP contribution in [-0.4, -0.2) is 39.0 Å². The van der Waals surface area contributed by atoms with E-state index in [-0.39, 0.29) is 5.97 Å². The van der Waals surface area contributed by atoms with Gasteiger partial charge in [-0.1, -0.05) is 90.9 Å². The number of hydrogen-bond acceptors (Lipinski definition) is 4. The van der Waals surface area contributed by atoms with Gasteiger partial charge in [0.1, 0.15) is 6.61 Å². The Morgan fingerprint density at radius 3 is 1.64 bits per heavy atom. The zero-order chi connectivity index (χ0) is 20.7. The van der Waals surface area contributed by atoms with Crippen LogP contribution in [0.15, 0.2) is 0 Å². The molecule has 0 aliphatic carbocycles. The molecule has 0 aliphatic rings. The maximum Gasteiger partial charge on any atom is 0.305 e. The number of unbranched alkanes of at least 4 members (excludes halogenated alkanes) is 11. The maximum atomic E-state index is 11.6. The van der Waals surface area contributed by atoms with Gasteiger partial charge in [-0.3, -0.25) is 4.79 Å². The third kappa shape index (κ3) is 23.4. The first-order valence-corrected chi connectivity index (χ1v) is 12.0. The lowest BCUT2D eigenvalue weighted by molar-refractivity contribution is -0.145. The number of esters is 1. The molecule has 0 N–H and O–H groups in total. The summed E-state index contributed by atoms with van der Waals surface area (Å²) in [5.74, 6) is 0.767. The summed E-state index contributed by atoms with van der Waals surface area (Å²) in [6.07, 6.45) is 17.7. The van der Waals surface area contributed by atoms with Gasteiger partial charge in [0, 0.05) is 13.0 Å². The number of hydrogen-bond donors (Lipinski definition) is 0. The van der Waals surface area contributed by atoms with Crippen molar-refractivity contribution in [3.05, 3.63) is 0 Å². The van der Waals surface area contributed by atoms with Crippen molar-refractivity contribution >= 4 is 5.97 Å². The van der Waals surface area contributed by atoms with Gasteiger partial charge < -0.3 is 14.2 Å². The van der Waals surface area contributed by atoms with Gasteiger partial charge in [0.15, 0.2) is 0 Å². The SMILES string of the molecule is CCOCCOCCOC(=O)CCCCCCCCCCCCCCC(C)C. The van der Waals surface area contributed by atoms with Crippen molar-refractivity contribution in [2.24, 2.45) is 5.92 Å². The normalized spacial score (nSPS) is 11.3. The Hall–Kier alpha value is -0.610. The summed E-state index contributed by atoms with van der Waals surface area (Å²) in [5.41, 5.74) is 0. The minimum Gasteiger partial charge on any atom is -0.463 e. The van der Waals surface area contributed by atoms with Crippen molar-refractivity contribution < 1.29 is 19.0 Å². The predicted molar refractivity (Wildman–Crippen MR) is 118 cm³/mol. The lowest BCUT2D eigenvalue weighted by Crippen LogP contribution is -2.12. The molecule has 0 fully saturated rings. The second kappa shape index (κ2) is 22.7. The quantitative estimate of drug-likeness (QED) is 0.150. The molecule has 0 aliphatic heterocycles. The van der Waals surface area contributed by atoms with Crippen LogP contribution in [0.2, 0.25) is 0 Å². The first kappa shape index (κ1) is 27.4. The highest BCUT2D eigenvalue weighted by atomic mass is 16.6. The van der Waals surface area contributed by atoms with Crippen LogP contribution < -0.4 is 0 Å². The van der Waals surface area contributed by atoms with Crippen LogP contribution in [0, 0.1) is 5.92 Å². The first-order valence-electron chi connectivity index (χ1n) is 12.0. The van der Waals surface area contributed by atoms with Gasteiger partial charge in [0.25, 0.3) is 0 Å². The molecule has 0 rings (SSSR count). The molecule has 0 spiro atoms. The van der Waals surface area contributed by atoms with Crippen molar-refractivity contribution in [1.82, 2.24) is 0 Å². The van der Waals surface area contributed by atoms with Crippen molar-refractivity contribution in [2.75, 3.05) is 33.0 Å². The summed E-state index contributed by atoms with van der Waals surface area (Å²) in [5, 5.41) is 0. The largest absolute Gasteiger partial charge is 0.463 e. The number of carbonyl (C=O) groups is 1. The smallest absolute Gasteiger partial charge is 0.305 e. The van der Waals surface area contributed by atoms with Crippen LogP contribution in [0.25, 0.3) is 0 Å². The van der Waals surface area contributed by atoms with Gasteiger partial charge >= 0.3 is 5.97 Å². The highest BCUT2D eigenvalue weighted by molar-refractivity contribution is 5.69.